The average Bonchev–Trinajstić information content (AvgIpc) is 2.85. The number of fused-ring (bicyclic) bond motifs is 3. The van der Waals surface area contributed by atoms with Gasteiger partial charge in [0.2, 0.25) is 5.91 Å². The van der Waals surface area contributed by atoms with Gasteiger partial charge in [0, 0.05) is 12.6 Å². The Kier molecular flexibility index (Phi) is 7.09. The first-order chi connectivity index (χ1) is 11.0. The minimum Gasteiger partial charge on any atom is -0.394 e. The third-order valence-electron chi connectivity index (χ3n) is 3.11. The van der Waals surface area contributed by atoms with Crippen LogP contribution in [0.1, 0.15) is 25.0 Å². The first-order valence-corrected chi connectivity index (χ1v) is 7.42. The molecule has 0 bridgehead atoms. The van der Waals surface area contributed by atoms with Crippen molar-refractivity contribution < 1.29 is 9.59 Å². The minimum atomic E-state index is -0.0274. The van der Waals surface area contributed by atoms with Gasteiger partial charge < -0.3 is 15.8 Å². The van der Waals surface area contributed by atoms with E-state index in [0.29, 0.717) is 4.99 Å². The summed E-state index contributed by atoms with van der Waals surface area (Å²) in [6.07, 6.45) is 0.957. The van der Waals surface area contributed by atoms with Gasteiger partial charge in [0.05, 0.1) is 4.99 Å². The molecule has 0 unspecified atom stereocenters. The normalized spacial score (nSPS) is 10.0. The van der Waals surface area contributed by atoms with Crippen LogP contribution in [0.2, 0.25) is 0 Å². The van der Waals surface area contributed by atoms with Crippen LogP contribution in [0.4, 0.5) is 5.69 Å². The number of amides is 1. The van der Waals surface area contributed by atoms with Crippen LogP contribution in [-0.4, -0.2) is 17.7 Å². The largest absolute Gasteiger partial charge is 0.394 e. The molecule has 3 rings (SSSR count). The van der Waals surface area contributed by atoms with E-state index in [1.54, 1.807) is 6.92 Å². The number of hydrogen-bond acceptors (Lipinski definition) is 3. The Bertz CT molecular complexity index is 710. The maximum absolute atomic E-state index is 11.0. The zero-order valence-corrected chi connectivity index (χ0v) is 14.1. The number of anilines is 1. The summed E-state index contributed by atoms with van der Waals surface area (Å²) >= 11 is 4.31. The monoisotopic (exact) mass is 328 g/mol. The molecular formula is C18H20N2O2S. The fraction of sp³-hybridized carbons (Fsp3) is 0.167. The number of rotatable bonds is 1. The fourth-order valence-corrected chi connectivity index (χ4v) is 2.43. The summed E-state index contributed by atoms with van der Waals surface area (Å²) in [6.45, 7) is 5.21. The van der Waals surface area contributed by atoms with Crippen LogP contribution in [0.5, 0.6) is 0 Å². The van der Waals surface area contributed by atoms with Gasteiger partial charge in [0.1, 0.15) is 6.79 Å². The Balaban J connectivity index is 0.000000388. The molecule has 0 spiro atoms. The lowest BCUT2D eigenvalue weighted by atomic mass is 10.1. The molecule has 2 aromatic carbocycles. The Morgan fingerprint density at radius 1 is 1.09 bits per heavy atom. The van der Waals surface area contributed by atoms with Gasteiger partial charge >= 0.3 is 0 Å². The maximum atomic E-state index is 11.0. The van der Waals surface area contributed by atoms with Crippen LogP contribution in [0.15, 0.2) is 42.5 Å². The topological polar surface area (TPSA) is 72.2 Å². The summed E-state index contributed by atoms with van der Waals surface area (Å²) in [5, 5.41) is 2.82. The summed E-state index contributed by atoms with van der Waals surface area (Å²) in [6, 6.07) is 14.6. The number of benzene rings is 2. The second kappa shape index (κ2) is 8.80. The molecule has 3 N–H and O–H groups in total. The number of nitrogens with two attached hydrogens (primary N) is 1. The van der Waals surface area contributed by atoms with E-state index in [-0.39, 0.29) is 5.91 Å². The molecule has 120 valence electrons. The highest BCUT2D eigenvalue weighted by Gasteiger charge is 2.17. The molecule has 23 heavy (non-hydrogen) atoms. The van der Waals surface area contributed by atoms with Crippen LogP contribution in [0.25, 0.3) is 11.1 Å². The first-order valence-electron chi connectivity index (χ1n) is 7.01. The Labute approximate surface area is 141 Å². The third kappa shape index (κ3) is 5.30. The summed E-state index contributed by atoms with van der Waals surface area (Å²) in [5.74, 6) is -0.0274. The van der Waals surface area contributed by atoms with E-state index in [1.807, 2.05) is 12.9 Å². The van der Waals surface area contributed by atoms with Gasteiger partial charge in [-0.1, -0.05) is 42.5 Å². The van der Waals surface area contributed by atoms with Crippen molar-refractivity contribution >= 4 is 35.6 Å². The molecule has 0 aliphatic heterocycles. The highest BCUT2D eigenvalue weighted by Crippen LogP contribution is 2.37. The summed E-state index contributed by atoms with van der Waals surface area (Å²) in [5.41, 5.74) is 11.0. The average molecular weight is 328 g/mol. The molecule has 0 saturated heterocycles. The van der Waals surface area contributed by atoms with Crippen LogP contribution < -0.4 is 11.1 Å². The molecule has 1 amide bonds. The Morgan fingerprint density at radius 3 is 2.26 bits per heavy atom. The molecule has 5 heteroatoms. The van der Waals surface area contributed by atoms with Gasteiger partial charge in [-0.3, -0.25) is 4.79 Å². The van der Waals surface area contributed by atoms with Gasteiger partial charge in [-0.15, -0.1) is 0 Å². The number of nitrogens with one attached hydrogen (secondary N) is 1. The number of hydrogen-bond donors (Lipinski definition) is 2. The van der Waals surface area contributed by atoms with Gasteiger partial charge in [-0.2, -0.15) is 0 Å². The molecule has 0 saturated carbocycles. The van der Waals surface area contributed by atoms with Crippen molar-refractivity contribution in [2.75, 3.05) is 5.32 Å². The maximum Gasteiger partial charge on any atom is 0.221 e. The second-order valence-electron chi connectivity index (χ2n) is 5.00. The molecule has 0 fully saturated rings. The molecule has 0 aromatic heterocycles. The number of carbonyl (C=O) groups is 2. The summed E-state index contributed by atoms with van der Waals surface area (Å²) < 4.78 is 0. The lowest BCUT2D eigenvalue weighted by Crippen LogP contribution is -2.05. The smallest absolute Gasteiger partial charge is 0.221 e. The molecule has 0 heterocycles. The van der Waals surface area contributed by atoms with Crippen LogP contribution in [0, 0.1) is 0 Å². The van der Waals surface area contributed by atoms with Crippen LogP contribution >= 0.6 is 12.2 Å². The molecule has 4 nitrogen and oxygen atoms in total. The van der Waals surface area contributed by atoms with E-state index in [4.69, 9.17) is 10.5 Å². The summed E-state index contributed by atoms with van der Waals surface area (Å²) in [7, 11) is 0. The third-order valence-corrected chi connectivity index (χ3v) is 3.11. The lowest BCUT2D eigenvalue weighted by molar-refractivity contribution is -0.114. The van der Waals surface area contributed by atoms with Gasteiger partial charge in [-0.25, -0.2) is 0 Å². The quantitative estimate of drug-likeness (QED) is 0.672. The van der Waals surface area contributed by atoms with Crippen LogP contribution in [0.3, 0.4) is 0 Å². The van der Waals surface area contributed by atoms with E-state index in [2.05, 4.69) is 53.9 Å². The van der Waals surface area contributed by atoms with Crippen molar-refractivity contribution in [3.8, 4) is 11.1 Å². The van der Waals surface area contributed by atoms with Gasteiger partial charge in [0.25, 0.3) is 0 Å². The zero-order valence-electron chi connectivity index (χ0n) is 13.3. The van der Waals surface area contributed by atoms with Crippen molar-refractivity contribution in [2.45, 2.75) is 20.3 Å². The zero-order chi connectivity index (χ0) is 17.4. The fourth-order valence-electron chi connectivity index (χ4n) is 2.43. The predicted octanol–water partition coefficient (Wildman–Crippen LogP) is 3.32. The van der Waals surface area contributed by atoms with Gasteiger partial charge in [-0.05, 0) is 47.7 Å². The van der Waals surface area contributed by atoms with Crippen molar-refractivity contribution in [3.63, 3.8) is 0 Å². The van der Waals surface area contributed by atoms with E-state index >= 15 is 0 Å². The van der Waals surface area contributed by atoms with E-state index < -0.39 is 0 Å². The second-order valence-corrected chi connectivity index (χ2v) is 5.64. The predicted molar refractivity (Wildman–Crippen MR) is 98.6 cm³/mol. The first kappa shape index (κ1) is 18.5. The number of carbonyl (C=O) groups excluding carboxylic acids is 2. The van der Waals surface area contributed by atoms with E-state index in [0.717, 1.165) is 12.1 Å². The molecule has 1 aliphatic rings. The standard InChI is InChI=1S/C15H13NO.C2H5NS.CH2O/c1-10(17)16-13-6-7-15-12(9-13)8-11-4-2-3-5-14(11)15;1-2(3)4;1-2/h2-7,9H,8H2,1H3,(H,16,17);1H3,(H2,3,4);1H2. The summed E-state index contributed by atoms with van der Waals surface area (Å²) in [4.78, 5) is 19.5. The molecule has 0 atom stereocenters. The molecule has 1 aliphatic carbocycles. The van der Waals surface area contributed by atoms with E-state index in [1.165, 1.54) is 29.2 Å². The molecule has 2 aromatic rings. The van der Waals surface area contributed by atoms with Crippen molar-refractivity contribution in [3.05, 3.63) is 53.6 Å². The minimum absolute atomic E-state index is 0.0274. The van der Waals surface area contributed by atoms with Crippen molar-refractivity contribution in [2.24, 2.45) is 5.73 Å². The van der Waals surface area contributed by atoms with Crippen molar-refractivity contribution in [1.82, 2.24) is 0 Å². The van der Waals surface area contributed by atoms with E-state index in [9.17, 15) is 4.79 Å². The van der Waals surface area contributed by atoms with Gasteiger partial charge in [0.15, 0.2) is 0 Å². The van der Waals surface area contributed by atoms with Crippen LogP contribution in [-0.2, 0) is 16.0 Å². The molecule has 0 radical (unpaired) electrons. The highest BCUT2D eigenvalue weighted by atomic mass is 32.1. The SMILES string of the molecule is C=O.CC(=O)Nc1ccc2c(c1)Cc1ccccc1-2.CC(N)=S. The highest BCUT2D eigenvalue weighted by molar-refractivity contribution is 7.80. The molecular weight excluding hydrogens is 308 g/mol. The lowest BCUT2D eigenvalue weighted by Gasteiger charge is -2.05. The number of thiocarbonyl (C=S) groups is 1. The Hall–Kier alpha value is -2.53. The van der Waals surface area contributed by atoms with Crippen molar-refractivity contribution in [1.29, 1.82) is 0 Å². The Morgan fingerprint density at radius 2 is 1.65 bits per heavy atom.